The Hall–Kier alpha value is -0.490. The van der Waals surface area contributed by atoms with E-state index in [1.54, 1.807) is 0 Å². The fraction of sp³-hybridized carbons (Fsp3) is 0.875. The second-order valence-electron chi connectivity index (χ2n) is 2.58. The molecule has 0 aliphatic rings. The Labute approximate surface area is 88.2 Å². The number of thiocarbonyl (C=S) groups is 1. The van der Waals surface area contributed by atoms with Gasteiger partial charge in [0.15, 0.2) is 5.11 Å². The van der Waals surface area contributed by atoms with E-state index in [1.165, 1.54) is 0 Å². The van der Waals surface area contributed by atoms with Crippen molar-refractivity contribution in [1.82, 2.24) is 10.6 Å². The van der Waals surface area contributed by atoms with Gasteiger partial charge in [-0.05, 0) is 25.6 Å². The molecule has 0 aromatic heterocycles. The van der Waals surface area contributed by atoms with Crippen molar-refractivity contribution in [3.8, 4) is 0 Å². The van der Waals surface area contributed by atoms with Gasteiger partial charge in [0.2, 0.25) is 0 Å². The fourth-order valence-electron chi connectivity index (χ4n) is 0.753. The fourth-order valence-corrected chi connectivity index (χ4v) is 0.938. The highest BCUT2D eigenvalue weighted by Gasteiger charge is 2.02. The van der Waals surface area contributed by atoms with Gasteiger partial charge in [0.25, 0.3) is 6.43 Å². The Morgan fingerprint density at radius 2 is 2.14 bits per heavy atom. The van der Waals surface area contributed by atoms with E-state index in [1.807, 2.05) is 6.92 Å². The molecule has 0 aromatic carbocycles. The van der Waals surface area contributed by atoms with Gasteiger partial charge in [-0.2, -0.15) is 0 Å². The molecule has 0 aliphatic carbocycles. The Morgan fingerprint density at radius 3 is 2.71 bits per heavy atom. The van der Waals surface area contributed by atoms with Crippen molar-refractivity contribution in [2.45, 2.75) is 19.8 Å². The summed E-state index contributed by atoms with van der Waals surface area (Å²) in [6.07, 6.45) is -1.57. The number of rotatable bonds is 7. The lowest BCUT2D eigenvalue weighted by Gasteiger charge is -2.09. The monoisotopic (exact) mass is 226 g/mol. The van der Waals surface area contributed by atoms with Gasteiger partial charge in [0.1, 0.15) is 0 Å². The number of halogens is 2. The normalized spacial score (nSPS) is 10.3. The van der Waals surface area contributed by atoms with E-state index >= 15 is 0 Å². The average Bonchev–Trinajstić information content (AvgIpc) is 2.14. The van der Waals surface area contributed by atoms with Crippen LogP contribution in [0.4, 0.5) is 8.78 Å². The summed E-state index contributed by atoms with van der Waals surface area (Å²) >= 11 is 4.75. The van der Waals surface area contributed by atoms with Gasteiger partial charge in [-0.3, -0.25) is 0 Å². The molecule has 0 amide bonds. The summed E-state index contributed by atoms with van der Waals surface area (Å²) in [7, 11) is 0. The summed E-state index contributed by atoms with van der Waals surface area (Å²) in [5, 5.41) is 5.47. The van der Waals surface area contributed by atoms with Crippen molar-refractivity contribution in [2.24, 2.45) is 0 Å². The topological polar surface area (TPSA) is 33.3 Å². The van der Waals surface area contributed by atoms with Crippen LogP contribution in [0.25, 0.3) is 0 Å². The maximum Gasteiger partial charge on any atom is 0.255 e. The summed E-state index contributed by atoms with van der Waals surface area (Å²) in [6, 6.07) is 0. The van der Waals surface area contributed by atoms with Crippen LogP contribution in [-0.4, -0.2) is 37.8 Å². The smallest absolute Gasteiger partial charge is 0.255 e. The average molecular weight is 226 g/mol. The molecule has 6 heteroatoms. The van der Waals surface area contributed by atoms with Gasteiger partial charge in [0, 0.05) is 19.8 Å². The zero-order valence-corrected chi connectivity index (χ0v) is 9.00. The molecule has 0 heterocycles. The van der Waals surface area contributed by atoms with E-state index in [2.05, 4.69) is 10.6 Å². The van der Waals surface area contributed by atoms with E-state index in [-0.39, 0.29) is 5.11 Å². The van der Waals surface area contributed by atoms with E-state index in [4.69, 9.17) is 17.0 Å². The van der Waals surface area contributed by atoms with Crippen LogP contribution < -0.4 is 10.6 Å². The van der Waals surface area contributed by atoms with Gasteiger partial charge in [0.05, 0.1) is 6.54 Å². The number of alkyl halides is 2. The lowest BCUT2D eigenvalue weighted by atomic mass is 10.4. The molecule has 0 spiro atoms. The van der Waals surface area contributed by atoms with Crippen LogP contribution in [0.2, 0.25) is 0 Å². The van der Waals surface area contributed by atoms with E-state index in [0.717, 1.165) is 6.42 Å². The first kappa shape index (κ1) is 13.5. The lowest BCUT2D eigenvalue weighted by Crippen LogP contribution is -2.38. The maximum absolute atomic E-state index is 11.7. The zero-order chi connectivity index (χ0) is 10.8. The molecular formula is C8H16F2N2OS. The molecular weight excluding hydrogens is 210 g/mol. The molecule has 0 rings (SSSR count). The minimum Gasteiger partial charge on any atom is -0.382 e. The first-order valence-corrected chi connectivity index (χ1v) is 4.95. The summed E-state index contributed by atoms with van der Waals surface area (Å²) in [4.78, 5) is 0. The van der Waals surface area contributed by atoms with Crippen molar-refractivity contribution in [1.29, 1.82) is 0 Å². The quantitative estimate of drug-likeness (QED) is 0.504. The highest BCUT2D eigenvalue weighted by atomic mass is 32.1. The number of hydrogen-bond donors (Lipinski definition) is 2. The zero-order valence-electron chi connectivity index (χ0n) is 8.19. The molecule has 0 saturated carbocycles. The molecule has 0 fully saturated rings. The van der Waals surface area contributed by atoms with Crippen LogP contribution in [0.1, 0.15) is 13.3 Å². The molecule has 0 saturated heterocycles. The number of hydrogen-bond acceptors (Lipinski definition) is 2. The molecule has 0 aromatic rings. The van der Waals surface area contributed by atoms with Crippen LogP contribution in [0, 0.1) is 0 Å². The highest BCUT2D eigenvalue weighted by molar-refractivity contribution is 7.80. The summed E-state index contributed by atoms with van der Waals surface area (Å²) in [5.41, 5.74) is 0. The lowest BCUT2D eigenvalue weighted by molar-refractivity contribution is 0.145. The second-order valence-corrected chi connectivity index (χ2v) is 2.99. The van der Waals surface area contributed by atoms with Crippen molar-refractivity contribution < 1.29 is 13.5 Å². The Kier molecular flexibility index (Phi) is 8.76. The summed E-state index contributed by atoms with van der Waals surface area (Å²) in [6.45, 7) is 3.49. The van der Waals surface area contributed by atoms with E-state index in [0.29, 0.717) is 19.8 Å². The molecule has 0 aliphatic heterocycles. The first-order valence-electron chi connectivity index (χ1n) is 4.54. The van der Waals surface area contributed by atoms with Crippen LogP contribution in [0.5, 0.6) is 0 Å². The third kappa shape index (κ3) is 9.60. The number of nitrogens with one attached hydrogen (secondary N) is 2. The molecule has 0 unspecified atom stereocenters. The van der Waals surface area contributed by atoms with Gasteiger partial charge in [-0.15, -0.1) is 0 Å². The Balaban J connectivity index is 3.18. The summed E-state index contributed by atoms with van der Waals surface area (Å²) in [5.74, 6) is 0. The first-order chi connectivity index (χ1) is 6.66. The van der Waals surface area contributed by atoms with Crippen molar-refractivity contribution in [3.05, 3.63) is 0 Å². The van der Waals surface area contributed by atoms with E-state index in [9.17, 15) is 8.78 Å². The molecule has 3 nitrogen and oxygen atoms in total. The molecule has 84 valence electrons. The van der Waals surface area contributed by atoms with Gasteiger partial charge in [-0.25, -0.2) is 8.78 Å². The minimum atomic E-state index is -2.38. The van der Waals surface area contributed by atoms with Crippen molar-refractivity contribution in [2.75, 3.05) is 26.3 Å². The summed E-state index contributed by atoms with van der Waals surface area (Å²) < 4.78 is 28.5. The van der Waals surface area contributed by atoms with Crippen LogP contribution in [0.3, 0.4) is 0 Å². The third-order valence-corrected chi connectivity index (χ3v) is 1.66. The van der Waals surface area contributed by atoms with Crippen molar-refractivity contribution >= 4 is 17.3 Å². The largest absolute Gasteiger partial charge is 0.382 e. The Morgan fingerprint density at radius 1 is 1.43 bits per heavy atom. The Bertz CT molecular complexity index is 158. The minimum absolute atomic E-state index is 0.266. The standard InChI is InChI=1S/C8H16F2N2OS/c1-2-13-5-3-4-11-8(14)12-6-7(9)10/h7H,2-6H2,1H3,(H2,11,12,14). The molecule has 14 heavy (non-hydrogen) atoms. The predicted molar refractivity (Wildman–Crippen MR) is 55.7 cm³/mol. The molecule has 2 N–H and O–H groups in total. The molecule has 0 atom stereocenters. The van der Waals surface area contributed by atoms with Crippen LogP contribution in [-0.2, 0) is 4.74 Å². The SMILES string of the molecule is CCOCCCNC(=S)NCC(F)F. The van der Waals surface area contributed by atoms with Gasteiger partial charge in [-0.1, -0.05) is 0 Å². The molecule has 0 bridgehead atoms. The predicted octanol–water partition coefficient (Wildman–Crippen LogP) is 1.14. The number of ether oxygens (including phenoxy) is 1. The third-order valence-electron chi connectivity index (χ3n) is 1.37. The van der Waals surface area contributed by atoms with E-state index < -0.39 is 13.0 Å². The van der Waals surface area contributed by atoms with Gasteiger partial charge >= 0.3 is 0 Å². The van der Waals surface area contributed by atoms with Crippen LogP contribution in [0.15, 0.2) is 0 Å². The van der Waals surface area contributed by atoms with Crippen LogP contribution >= 0.6 is 12.2 Å². The van der Waals surface area contributed by atoms with Gasteiger partial charge < -0.3 is 15.4 Å². The van der Waals surface area contributed by atoms with Crippen molar-refractivity contribution in [3.63, 3.8) is 0 Å². The highest BCUT2D eigenvalue weighted by Crippen LogP contribution is 1.87. The molecule has 0 radical (unpaired) electrons. The maximum atomic E-state index is 11.7. The second kappa shape index (κ2) is 9.08.